The molecule has 0 unspecified atom stereocenters. The van der Waals surface area contributed by atoms with Gasteiger partial charge in [0, 0.05) is 19.6 Å². The molecule has 0 aliphatic carbocycles. The maximum atomic E-state index is 13.5. The molecule has 0 saturated carbocycles. The maximum Gasteiger partial charge on any atom is 0.198 e. The lowest BCUT2D eigenvalue weighted by molar-refractivity contribution is 0.340. The van der Waals surface area contributed by atoms with E-state index in [2.05, 4.69) is 22.3 Å². The van der Waals surface area contributed by atoms with E-state index in [4.69, 9.17) is 4.99 Å². The quantitative estimate of drug-likeness (QED) is 0.318. The fraction of sp³-hybridized carbons (Fsp3) is 0.269. The molecule has 4 nitrogen and oxygen atoms in total. The molecule has 0 bridgehead atoms. The zero-order valence-corrected chi connectivity index (χ0v) is 17.6. The largest absolute Gasteiger partial charge is 0.506 e. The first-order valence-electron chi connectivity index (χ1n) is 10.9. The second-order valence-electron chi connectivity index (χ2n) is 7.86. The Morgan fingerprint density at radius 2 is 1.71 bits per heavy atom. The van der Waals surface area contributed by atoms with Gasteiger partial charge in [-0.25, -0.2) is 4.39 Å². The number of guanidine groups is 1. The third-order valence-electron chi connectivity index (χ3n) is 5.56. The Labute approximate surface area is 183 Å². The highest BCUT2D eigenvalue weighted by Gasteiger charge is 2.16. The van der Waals surface area contributed by atoms with E-state index in [0.29, 0.717) is 18.7 Å². The Morgan fingerprint density at radius 1 is 0.903 bits per heavy atom. The molecule has 0 spiro atoms. The number of aliphatic imine (C=N–C) groups is 1. The molecule has 4 rings (SSSR count). The van der Waals surface area contributed by atoms with Crippen LogP contribution in [0.25, 0.3) is 11.1 Å². The minimum atomic E-state index is -0.224. The van der Waals surface area contributed by atoms with E-state index in [1.165, 1.54) is 12.5 Å². The molecule has 2 N–H and O–H groups in total. The SMILES string of the molecule is Oc1ccc(-c2ccccc2)cc1NC(=NCCc1cccc(F)c1)N1CCCCC1. The first kappa shape index (κ1) is 20.9. The molecule has 160 valence electrons. The molecule has 5 heteroatoms. The standard InChI is InChI=1S/C26H28FN3O/c27-23-11-7-8-20(18-23)14-15-28-26(30-16-5-2-6-17-30)29-24-19-22(12-13-25(24)31)21-9-3-1-4-10-21/h1,3-4,7-13,18-19,31H,2,5-6,14-17H2,(H,28,29). The molecule has 0 radical (unpaired) electrons. The predicted octanol–water partition coefficient (Wildman–Crippen LogP) is 5.69. The number of likely N-dealkylation sites (tertiary alicyclic amines) is 1. The minimum absolute atomic E-state index is 0.189. The van der Waals surface area contributed by atoms with Crippen molar-refractivity contribution in [3.8, 4) is 16.9 Å². The number of phenols is 1. The summed E-state index contributed by atoms with van der Waals surface area (Å²) in [7, 11) is 0. The van der Waals surface area contributed by atoms with Crippen LogP contribution < -0.4 is 5.32 Å². The number of rotatable bonds is 5. The van der Waals surface area contributed by atoms with Gasteiger partial charge >= 0.3 is 0 Å². The predicted molar refractivity (Wildman–Crippen MR) is 125 cm³/mol. The number of piperidine rings is 1. The molecule has 0 amide bonds. The molecule has 3 aromatic rings. The summed E-state index contributed by atoms with van der Waals surface area (Å²) >= 11 is 0. The van der Waals surface area contributed by atoms with Gasteiger partial charge in [0.05, 0.1) is 5.69 Å². The number of hydrogen-bond donors (Lipinski definition) is 2. The highest BCUT2D eigenvalue weighted by Crippen LogP contribution is 2.30. The molecular formula is C26H28FN3O. The Bertz CT molecular complexity index is 1030. The Hall–Kier alpha value is -3.34. The van der Waals surface area contributed by atoms with Crippen LogP contribution in [0.3, 0.4) is 0 Å². The van der Waals surface area contributed by atoms with Crippen LogP contribution in [0.15, 0.2) is 77.8 Å². The molecule has 1 fully saturated rings. The van der Waals surface area contributed by atoms with Crippen molar-refractivity contribution < 1.29 is 9.50 Å². The average Bonchev–Trinajstić information content (AvgIpc) is 2.81. The molecule has 1 aliphatic rings. The lowest BCUT2D eigenvalue weighted by Crippen LogP contribution is -2.40. The number of anilines is 1. The van der Waals surface area contributed by atoms with Gasteiger partial charge in [0.1, 0.15) is 11.6 Å². The van der Waals surface area contributed by atoms with E-state index in [1.54, 1.807) is 18.2 Å². The van der Waals surface area contributed by atoms with Gasteiger partial charge in [0.15, 0.2) is 5.96 Å². The highest BCUT2D eigenvalue weighted by molar-refractivity contribution is 5.95. The van der Waals surface area contributed by atoms with Gasteiger partial charge in [-0.05, 0) is 66.6 Å². The van der Waals surface area contributed by atoms with E-state index < -0.39 is 0 Å². The van der Waals surface area contributed by atoms with E-state index in [0.717, 1.165) is 48.6 Å². The molecule has 1 heterocycles. The van der Waals surface area contributed by atoms with E-state index in [1.807, 2.05) is 36.4 Å². The lowest BCUT2D eigenvalue weighted by atomic mass is 10.0. The van der Waals surface area contributed by atoms with Crippen LogP contribution in [0.2, 0.25) is 0 Å². The molecule has 3 aromatic carbocycles. The molecular weight excluding hydrogens is 389 g/mol. The van der Waals surface area contributed by atoms with Crippen molar-refractivity contribution in [3.05, 3.63) is 84.2 Å². The van der Waals surface area contributed by atoms with E-state index in [-0.39, 0.29) is 11.6 Å². The summed E-state index contributed by atoms with van der Waals surface area (Å²) in [6.07, 6.45) is 4.13. The normalized spacial score (nSPS) is 14.5. The highest BCUT2D eigenvalue weighted by atomic mass is 19.1. The number of benzene rings is 3. The Kier molecular flexibility index (Phi) is 6.82. The topological polar surface area (TPSA) is 47.9 Å². The van der Waals surface area contributed by atoms with Gasteiger partial charge < -0.3 is 15.3 Å². The van der Waals surface area contributed by atoms with Gasteiger partial charge in [-0.1, -0.05) is 48.5 Å². The van der Waals surface area contributed by atoms with Crippen molar-refractivity contribution in [2.45, 2.75) is 25.7 Å². The van der Waals surface area contributed by atoms with Gasteiger partial charge in [-0.2, -0.15) is 0 Å². The average molecular weight is 418 g/mol. The second-order valence-corrected chi connectivity index (χ2v) is 7.86. The molecule has 31 heavy (non-hydrogen) atoms. The smallest absolute Gasteiger partial charge is 0.198 e. The Balaban J connectivity index is 1.55. The number of phenolic OH excluding ortho intramolecular Hbond substituents is 1. The van der Waals surface area contributed by atoms with Gasteiger partial charge in [-0.15, -0.1) is 0 Å². The third-order valence-corrected chi connectivity index (χ3v) is 5.56. The number of aromatic hydroxyl groups is 1. The van der Waals surface area contributed by atoms with Crippen molar-refractivity contribution in [1.29, 1.82) is 0 Å². The second kappa shape index (κ2) is 10.1. The summed E-state index contributed by atoms with van der Waals surface area (Å²) in [5.41, 5.74) is 3.68. The summed E-state index contributed by atoms with van der Waals surface area (Å²) < 4.78 is 13.5. The van der Waals surface area contributed by atoms with Crippen molar-refractivity contribution in [1.82, 2.24) is 4.90 Å². The van der Waals surface area contributed by atoms with Crippen LogP contribution in [-0.2, 0) is 6.42 Å². The van der Waals surface area contributed by atoms with Gasteiger partial charge in [0.2, 0.25) is 0 Å². The first-order chi connectivity index (χ1) is 15.2. The van der Waals surface area contributed by atoms with Crippen LogP contribution in [0, 0.1) is 5.82 Å². The summed E-state index contributed by atoms with van der Waals surface area (Å²) in [4.78, 5) is 7.05. The van der Waals surface area contributed by atoms with Crippen molar-refractivity contribution in [2.24, 2.45) is 4.99 Å². The van der Waals surface area contributed by atoms with E-state index >= 15 is 0 Å². The van der Waals surface area contributed by atoms with Crippen molar-refractivity contribution in [3.63, 3.8) is 0 Å². The van der Waals surface area contributed by atoms with Crippen molar-refractivity contribution >= 4 is 11.6 Å². The number of nitrogens with zero attached hydrogens (tertiary/aromatic N) is 2. The van der Waals surface area contributed by atoms with Gasteiger partial charge in [-0.3, -0.25) is 4.99 Å². The van der Waals surface area contributed by atoms with Crippen LogP contribution in [0.4, 0.5) is 10.1 Å². The summed E-state index contributed by atoms with van der Waals surface area (Å²) in [5, 5.41) is 13.9. The monoisotopic (exact) mass is 417 g/mol. The van der Waals surface area contributed by atoms with E-state index in [9.17, 15) is 9.50 Å². The summed E-state index contributed by atoms with van der Waals surface area (Å²) in [6, 6.07) is 22.3. The summed E-state index contributed by atoms with van der Waals surface area (Å²) in [6.45, 7) is 2.41. The molecule has 0 atom stereocenters. The number of nitrogens with one attached hydrogen (secondary N) is 1. The summed E-state index contributed by atoms with van der Waals surface area (Å²) in [5.74, 6) is 0.727. The first-order valence-corrected chi connectivity index (χ1v) is 10.9. The molecule has 0 aromatic heterocycles. The van der Waals surface area contributed by atoms with Crippen LogP contribution in [0.1, 0.15) is 24.8 Å². The molecule has 1 saturated heterocycles. The van der Waals surface area contributed by atoms with Crippen molar-refractivity contribution in [2.75, 3.05) is 25.0 Å². The third kappa shape index (κ3) is 5.63. The fourth-order valence-electron chi connectivity index (χ4n) is 3.87. The zero-order chi connectivity index (χ0) is 21.5. The van der Waals surface area contributed by atoms with Gasteiger partial charge in [0.25, 0.3) is 0 Å². The van der Waals surface area contributed by atoms with Crippen LogP contribution in [-0.4, -0.2) is 35.6 Å². The number of halogens is 1. The van der Waals surface area contributed by atoms with Crippen LogP contribution >= 0.6 is 0 Å². The fourth-order valence-corrected chi connectivity index (χ4v) is 3.87. The number of hydrogen-bond acceptors (Lipinski definition) is 2. The zero-order valence-electron chi connectivity index (χ0n) is 17.6. The lowest BCUT2D eigenvalue weighted by Gasteiger charge is -2.30. The van der Waals surface area contributed by atoms with Crippen LogP contribution in [0.5, 0.6) is 5.75 Å². The Morgan fingerprint density at radius 3 is 2.48 bits per heavy atom. The minimum Gasteiger partial charge on any atom is -0.506 e. The molecule has 1 aliphatic heterocycles. The maximum absolute atomic E-state index is 13.5.